The van der Waals surface area contributed by atoms with Crippen molar-refractivity contribution in [1.29, 1.82) is 0 Å². The maximum absolute atomic E-state index is 13.2. The summed E-state index contributed by atoms with van der Waals surface area (Å²) in [7, 11) is -2.26. The minimum absolute atomic E-state index is 0.00481. The topological polar surface area (TPSA) is 106 Å². The Morgan fingerprint density at radius 1 is 1.27 bits per heavy atom. The first-order valence-electron chi connectivity index (χ1n) is 9.30. The first-order chi connectivity index (χ1) is 14.4. The summed E-state index contributed by atoms with van der Waals surface area (Å²) in [5.74, 6) is -0.427. The molecule has 0 spiro atoms. The molecule has 0 atom stereocenters. The third kappa shape index (κ3) is 3.49. The van der Waals surface area contributed by atoms with Gasteiger partial charge in [-0.25, -0.2) is 13.4 Å². The van der Waals surface area contributed by atoms with Crippen LogP contribution < -0.4 is 5.32 Å². The third-order valence-corrected chi connectivity index (χ3v) is 6.87. The number of carbonyl (C=O) groups excluding carboxylic acids is 1. The molecule has 0 bridgehead atoms. The summed E-state index contributed by atoms with van der Waals surface area (Å²) in [5.41, 5.74) is 2.53. The predicted molar refractivity (Wildman–Crippen MR) is 110 cm³/mol. The Morgan fingerprint density at radius 2 is 2.07 bits per heavy atom. The smallest absolute Gasteiger partial charge is 0.276 e. The molecule has 30 heavy (non-hydrogen) atoms. The van der Waals surface area contributed by atoms with Gasteiger partial charge in [0.25, 0.3) is 5.91 Å². The number of ether oxygens (including phenoxy) is 1. The standard InChI is InChI=1S/C20H21N5O4S/c1-14-7-8-21-11-15(14)23-20(26)19-17-12-24(9-10-29-2)30(27,28)18-6-4-3-5-16(18)25(17)13-22-19/h3-8,11,13H,9-10,12H2,1-2H3,(H,23,26). The number of hydrogen-bond acceptors (Lipinski definition) is 6. The highest BCUT2D eigenvalue weighted by Gasteiger charge is 2.34. The Morgan fingerprint density at radius 3 is 2.83 bits per heavy atom. The number of carbonyl (C=O) groups is 1. The number of sulfonamides is 1. The molecule has 0 saturated heterocycles. The van der Waals surface area contributed by atoms with Gasteiger partial charge < -0.3 is 10.1 Å². The van der Waals surface area contributed by atoms with Crippen molar-refractivity contribution >= 4 is 21.6 Å². The van der Waals surface area contributed by atoms with Gasteiger partial charge in [0, 0.05) is 19.9 Å². The summed E-state index contributed by atoms with van der Waals surface area (Å²) in [4.78, 5) is 21.5. The predicted octanol–water partition coefficient (Wildman–Crippen LogP) is 1.98. The minimum atomic E-state index is -3.77. The van der Waals surface area contributed by atoms with E-state index in [1.165, 1.54) is 17.7 Å². The molecule has 0 fully saturated rings. The molecule has 0 aliphatic carbocycles. The van der Waals surface area contributed by atoms with Crippen molar-refractivity contribution < 1.29 is 17.9 Å². The summed E-state index contributed by atoms with van der Waals surface area (Å²) >= 11 is 0. The lowest BCUT2D eigenvalue weighted by Crippen LogP contribution is -2.33. The largest absolute Gasteiger partial charge is 0.383 e. The van der Waals surface area contributed by atoms with E-state index in [1.807, 2.05) is 6.92 Å². The van der Waals surface area contributed by atoms with E-state index in [0.29, 0.717) is 17.1 Å². The second-order valence-electron chi connectivity index (χ2n) is 6.85. The van der Waals surface area contributed by atoms with Crippen LogP contribution in [0.4, 0.5) is 5.69 Å². The molecule has 1 aliphatic rings. The van der Waals surface area contributed by atoms with E-state index in [2.05, 4.69) is 15.3 Å². The Hall–Kier alpha value is -3.08. The average molecular weight is 427 g/mol. The van der Waals surface area contributed by atoms with E-state index < -0.39 is 15.9 Å². The highest BCUT2D eigenvalue weighted by molar-refractivity contribution is 7.89. The zero-order chi connectivity index (χ0) is 21.3. The first kappa shape index (κ1) is 20.2. The second-order valence-corrected chi connectivity index (χ2v) is 8.76. The number of anilines is 1. The van der Waals surface area contributed by atoms with Gasteiger partial charge in [-0.2, -0.15) is 4.31 Å². The molecule has 0 radical (unpaired) electrons. The number of hydrogen-bond donors (Lipinski definition) is 1. The molecule has 2 aromatic heterocycles. The third-order valence-electron chi connectivity index (χ3n) is 4.98. The maximum Gasteiger partial charge on any atom is 0.276 e. The summed E-state index contributed by atoms with van der Waals surface area (Å²) in [5, 5.41) is 2.82. The van der Waals surface area contributed by atoms with Gasteiger partial charge in [0.05, 0.1) is 36.4 Å². The number of benzene rings is 1. The summed E-state index contributed by atoms with van der Waals surface area (Å²) in [6.45, 7) is 2.24. The van der Waals surface area contributed by atoms with Crippen LogP contribution in [-0.4, -0.2) is 53.4 Å². The van der Waals surface area contributed by atoms with Crippen molar-refractivity contribution in [1.82, 2.24) is 18.8 Å². The Kier molecular flexibility index (Phi) is 5.37. The molecule has 10 heteroatoms. The van der Waals surface area contributed by atoms with E-state index in [0.717, 1.165) is 5.56 Å². The molecule has 156 valence electrons. The SMILES string of the molecule is COCCN1Cc2c(C(=O)Nc3cnccc3C)ncn2-c2ccccc2S1(=O)=O. The number of nitrogens with zero attached hydrogens (tertiary/aromatic N) is 4. The minimum Gasteiger partial charge on any atom is -0.383 e. The van der Waals surface area contributed by atoms with Crippen LogP contribution >= 0.6 is 0 Å². The summed E-state index contributed by atoms with van der Waals surface area (Å²) in [6.07, 6.45) is 4.68. The lowest BCUT2D eigenvalue weighted by atomic mass is 10.2. The van der Waals surface area contributed by atoms with E-state index in [1.54, 1.807) is 47.3 Å². The van der Waals surface area contributed by atoms with Crippen LogP contribution in [0.5, 0.6) is 0 Å². The Labute approximate surface area is 174 Å². The lowest BCUT2D eigenvalue weighted by Gasteiger charge is -2.20. The van der Waals surface area contributed by atoms with Crippen molar-refractivity contribution in [3.05, 3.63) is 66.0 Å². The number of para-hydroxylation sites is 1. The van der Waals surface area contributed by atoms with E-state index in [4.69, 9.17) is 4.74 Å². The molecule has 3 aromatic rings. The van der Waals surface area contributed by atoms with Crippen LogP contribution in [0.1, 0.15) is 21.7 Å². The van der Waals surface area contributed by atoms with Crippen LogP contribution in [0.15, 0.2) is 53.9 Å². The van der Waals surface area contributed by atoms with Gasteiger partial charge in [-0.05, 0) is 30.7 Å². The molecule has 0 saturated carbocycles. The zero-order valence-electron chi connectivity index (χ0n) is 16.6. The molecule has 4 rings (SSSR count). The van der Waals surface area contributed by atoms with Gasteiger partial charge in [0.2, 0.25) is 10.0 Å². The number of aryl methyl sites for hydroxylation is 1. The summed E-state index contributed by atoms with van der Waals surface area (Å²) in [6, 6.07) is 8.47. The molecule has 1 amide bonds. The summed E-state index contributed by atoms with van der Waals surface area (Å²) < 4.78 is 34.5. The van der Waals surface area contributed by atoms with Gasteiger partial charge in [-0.3, -0.25) is 14.3 Å². The van der Waals surface area contributed by atoms with Gasteiger partial charge in [0.15, 0.2) is 5.69 Å². The van der Waals surface area contributed by atoms with Gasteiger partial charge in [-0.1, -0.05) is 12.1 Å². The van der Waals surface area contributed by atoms with Gasteiger partial charge >= 0.3 is 0 Å². The van der Waals surface area contributed by atoms with Crippen LogP contribution in [0.25, 0.3) is 5.69 Å². The molecule has 1 aromatic carbocycles. The van der Waals surface area contributed by atoms with E-state index in [-0.39, 0.29) is 30.3 Å². The number of amides is 1. The fourth-order valence-corrected chi connectivity index (χ4v) is 4.92. The number of nitrogens with one attached hydrogen (secondary N) is 1. The van der Waals surface area contributed by atoms with E-state index in [9.17, 15) is 13.2 Å². The number of pyridine rings is 1. The number of methoxy groups -OCH3 is 1. The Balaban J connectivity index is 1.80. The van der Waals surface area contributed by atoms with Crippen molar-refractivity contribution in [3.8, 4) is 5.69 Å². The van der Waals surface area contributed by atoms with Crippen molar-refractivity contribution in [3.63, 3.8) is 0 Å². The second kappa shape index (κ2) is 7.98. The maximum atomic E-state index is 13.2. The first-order valence-corrected chi connectivity index (χ1v) is 10.7. The molecule has 1 aliphatic heterocycles. The zero-order valence-corrected chi connectivity index (χ0v) is 17.4. The highest BCUT2D eigenvalue weighted by atomic mass is 32.2. The number of aromatic nitrogens is 3. The molecular weight excluding hydrogens is 406 g/mol. The molecule has 0 unspecified atom stereocenters. The molecule has 9 nitrogen and oxygen atoms in total. The van der Waals surface area contributed by atoms with Crippen molar-refractivity contribution in [2.24, 2.45) is 0 Å². The fraction of sp³-hybridized carbons (Fsp3) is 0.250. The lowest BCUT2D eigenvalue weighted by molar-refractivity contribution is 0.102. The quantitative estimate of drug-likeness (QED) is 0.667. The van der Waals surface area contributed by atoms with Crippen molar-refractivity contribution in [2.75, 3.05) is 25.6 Å². The molecule has 3 heterocycles. The number of fused-ring (bicyclic) bond motifs is 3. The monoisotopic (exact) mass is 427 g/mol. The van der Waals surface area contributed by atoms with Gasteiger partial charge in [0.1, 0.15) is 11.2 Å². The van der Waals surface area contributed by atoms with E-state index >= 15 is 0 Å². The van der Waals surface area contributed by atoms with Crippen molar-refractivity contribution in [2.45, 2.75) is 18.4 Å². The van der Waals surface area contributed by atoms with Crippen LogP contribution in [0.2, 0.25) is 0 Å². The van der Waals surface area contributed by atoms with Crippen LogP contribution in [-0.2, 0) is 21.3 Å². The number of rotatable bonds is 5. The normalized spacial score (nSPS) is 15.1. The molecule has 1 N–H and O–H groups in total. The average Bonchev–Trinajstić information content (AvgIpc) is 3.12. The van der Waals surface area contributed by atoms with Gasteiger partial charge in [-0.15, -0.1) is 0 Å². The molecular formula is C20H21N5O4S. The Bertz CT molecular complexity index is 1210. The number of imidazole rings is 1. The highest BCUT2D eigenvalue weighted by Crippen LogP contribution is 2.31. The van der Waals surface area contributed by atoms with Crippen LogP contribution in [0, 0.1) is 6.92 Å². The van der Waals surface area contributed by atoms with Crippen LogP contribution in [0.3, 0.4) is 0 Å². The fourth-order valence-electron chi connectivity index (χ4n) is 3.36.